The fraction of sp³-hybridized carbons (Fsp3) is 0.727. The number of oxazole rings is 1. The van der Waals surface area contributed by atoms with Crippen molar-refractivity contribution in [1.29, 1.82) is 0 Å². The van der Waals surface area contributed by atoms with Gasteiger partial charge in [0.05, 0.1) is 12.7 Å². The van der Waals surface area contributed by atoms with Crippen molar-refractivity contribution < 1.29 is 4.42 Å². The summed E-state index contributed by atoms with van der Waals surface area (Å²) in [6.45, 7) is 7.44. The van der Waals surface area contributed by atoms with E-state index >= 15 is 0 Å². The molecule has 1 heterocycles. The Morgan fingerprint density at radius 1 is 1.29 bits per heavy atom. The van der Waals surface area contributed by atoms with E-state index in [-0.39, 0.29) is 5.54 Å². The highest BCUT2D eigenvalue weighted by Gasteiger charge is 2.22. The highest BCUT2D eigenvalue weighted by Crippen LogP contribution is 2.19. The molecule has 0 bridgehead atoms. The molecule has 0 aliphatic heterocycles. The predicted octanol–water partition coefficient (Wildman–Crippen LogP) is 2.73. The van der Waals surface area contributed by atoms with Gasteiger partial charge < -0.3 is 9.73 Å². The Morgan fingerprint density at radius 3 is 2.36 bits per heavy atom. The first-order valence-corrected chi connectivity index (χ1v) is 5.38. The summed E-state index contributed by atoms with van der Waals surface area (Å²) < 4.78 is 5.19. The third-order valence-electron chi connectivity index (χ3n) is 3.15. The van der Waals surface area contributed by atoms with Crippen LogP contribution in [0.1, 0.15) is 45.8 Å². The van der Waals surface area contributed by atoms with Crippen molar-refractivity contribution in [2.24, 2.45) is 0 Å². The van der Waals surface area contributed by atoms with Crippen molar-refractivity contribution in [3.63, 3.8) is 0 Å². The van der Waals surface area contributed by atoms with E-state index < -0.39 is 0 Å². The fourth-order valence-corrected chi connectivity index (χ4v) is 1.73. The molecule has 0 radical (unpaired) electrons. The second-order valence-corrected chi connectivity index (χ2v) is 3.66. The lowest BCUT2D eigenvalue weighted by Gasteiger charge is -2.31. The van der Waals surface area contributed by atoms with E-state index in [2.05, 4.69) is 31.1 Å². The molecule has 0 amide bonds. The van der Waals surface area contributed by atoms with Gasteiger partial charge >= 0.3 is 0 Å². The molecule has 0 aliphatic carbocycles. The molecular formula is C11H20N2O. The van der Waals surface area contributed by atoms with Crippen LogP contribution in [0.4, 0.5) is 0 Å². The minimum absolute atomic E-state index is 0.257. The summed E-state index contributed by atoms with van der Waals surface area (Å²) in [7, 11) is 0. The summed E-state index contributed by atoms with van der Waals surface area (Å²) in [6, 6.07) is 0. The number of nitrogens with one attached hydrogen (secondary N) is 1. The molecule has 0 atom stereocenters. The van der Waals surface area contributed by atoms with Gasteiger partial charge in [0, 0.05) is 5.54 Å². The van der Waals surface area contributed by atoms with Crippen LogP contribution >= 0.6 is 0 Å². The van der Waals surface area contributed by atoms with E-state index in [0.717, 1.165) is 31.6 Å². The summed E-state index contributed by atoms with van der Waals surface area (Å²) in [4.78, 5) is 3.89. The normalized spacial score (nSPS) is 11.9. The molecule has 80 valence electrons. The lowest BCUT2D eigenvalue weighted by atomic mass is 9.90. The third-order valence-corrected chi connectivity index (χ3v) is 3.15. The molecule has 1 N–H and O–H groups in total. The zero-order valence-electron chi connectivity index (χ0n) is 9.34. The molecule has 0 unspecified atom stereocenters. The largest absolute Gasteiger partial charge is 0.447 e. The summed E-state index contributed by atoms with van der Waals surface area (Å²) in [5, 5.41) is 3.55. The maximum atomic E-state index is 5.19. The van der Waals surface area contributed by atoms with E-state index in [1.165, 1.54) is 6.39 Å². The number of aromatic nitrogens is 1. The van der Waals surface area contributed by atoms with E-state index in [0.29, 0.717) is 0 Å². The van der Waals surface area contributed by atoms with E-state index in [1.54, 1.807) is 6.20 Å². The summed E-state index contributed by atoms with van der Waals surface area (Å²) >= 11 is 0. The van der Waals surface area contributed by atoms with Gasteiger partial charge in [0.15, 0.2) is 6.39 Å². The number of hydrogen-bond acceptors (Lipinski definition) is 3. The fourth-order valence-electron chi connectivity index (χ4n) is 1.73. The van der Waals surface area contributed by atoms with Crippen molar-refractivity contribution >= 4 is 0 Å². The van der Waals surface area contributed by atoms with E-state index in [4.69, 9.17) is 4.42 Å². The minimum Gasteiger partial charge on any atom is -0.447 e. The Hall–Kier alpha value is -0.830. The first-order chi connectivity index (χ1) is 6.76. The quantitative estimate of drug-likeness (QED) is 0.760. The van der Waals surface area contributed by atoms with Crippen molar-refractivity contribution in [3.8, 4) is 0 Å². The second kappa shape index (κ2) is 5.15. The Morgan fingerprint density at radius 2 is 1.93 bits per heavy atom. The lowest BCUT2D eigenvalue weighted by molar-refractivity contribution is 0.277. The average Bonchev–Trinajstić information content (AvgIpc) is 2.74. The zero-order valence-corrected chi connectivity index (χ0v) is 9.34. The van der Waals surface area contributed by atoms with Gasteiger partial charge in [0.25, 0.3) is 0 Å². The van der Waals surface area contributed by atoms with Gasteiger partial charge in [-0.05, 0) is 19.3 Å². The molecule has 0 saturated carbocycles. The molecule has 0 fully saturated rings. The number of hydrogen-bond donors (Lipinski definition) is 1. The predicted molar refractivity (Wildman–Crippen MR) is 56.9 cm³/mol. The average molecular weight is 196 g/mol. The van der Waals surface area contributed by atoms with Gasteiger partial charge in [0.1, 0.15) is 5.76 Å². The molecule has 3 nitrogen and oxygen atoms in total. The molecule has 1 aromatic heterocycles. The maximum absolute atomic E-state index is 5.19. The molecular weight excluding hydrogens is 176 g/mol. The zero-order chi connectivity index (χ0) is 10.4. The Balaban J connectivity index is 2.48. The van der Waals surface area contributed by atoms with Crippen molar-refractivity contribution in [3.05, 3.63) is 18.4 Å². The van der Waals surface area contributed by atoms with Gasteiger partial charge in [-0.2, -0.15) is 0 Å². The standard InChI is InChI=1S/C11H20N2O/c1-4-11(5-2,6-3)13-8-10-7-12-9-14-10/h7,9,13H,4-6,8H2,1-3H3. The summed E-state index contributed by atoms with van der Waals surface area (Å²) in [5.74, 6) is 0.907. The van der Waals surface area contributed by atoms with Gasteiger partial charge in [-0.1, -0.05) is 20.8 Å². The number of nitrogens with zero attached hydrogens (tertiary/aromatic N) is 1. The van der Waals surface area contributed by atoms with Crippen molar-refractivity contribution in [1.82, 2.24) is 10.3 Å². The van der Waals surface area contributed by atoms with Gasteiger partial charge in [-0.25, -0.2) is 4.98 Å². The van der Waals surface area contributed by atoms with Crippen LogP contribution in [-0.2, 0) is 6.54 Å². The molecule has 0 spiro atoms. The molecule has 1 aromatic rings. The second-order valence-electron chi connectivity index (χ2n) is 3.66. The van der Waals surface area contributed by atoms with Crippen LogP contribution < -0.4 is 5.32 Å². The molecule has 3 heteroatoms. The molecule has 0 aliphatic rings. The topological polar surface area (TPSA) is 38.1 Å². The van der Waals surface area contributed by atoms with Crippen LogP contribution in [0.25, 0.3) is 0 Å². The SMILES string of the molecule is CCC(CC)(CC)NCc1cnco1. The van der Waals surface area contributed by atoms with E-state index in [1.807, 2.05) is 0 Å². The first-order valence-electron chi connectivity index (χ1n) is 5.38. The molecule has 0 aromatic carbocycles. The highest BCUT2D eigenvalue weighted by molar-refractivity contribution is 4.92. The smallest absolute Gasteiger partial charge is 0.180 e. The number of rotatable bonds is 6. The molecule has 1 rings (SSSR count). The Labute approximate surface area is 85.9 Å². The van der Waals surface area contributed by atoms with Crippen LogP contribution in [0.3, 0.4) is 0 Å². The van der Waals surface area contributed by atoms with Gasteiger partial charge in [0.2, 0.25) is 0 Å². The van der Waals surface area contributed by atoms with Crippen molar-refractivity contribution in [2.45, 2.75) is 52.1 Å². The minimum atomic E-state index is 0.257. The van der Waals surface area contributed by atoms with Crippen molar-refractivity contribution in [2.75, 3.05) is 0 Å². The van der Waals surface area contributed by atoms with Gasteiger partial charge in [-0.15, -0.1) is 0 Å². The first kappa shape index (κ1) is 11.2. The monoisotopic (exact) mass is 196 g/mol. The van der Waals surface area contributed by atoms with E-state index in [9.17, 15) is 0 Å². The highest BCUT2D eigenvalue weighted by atomic mass is 16.3. The maximum Gasteiger partial charge on any atom is 0.180 e. The summed E-state index contributed by atoms with van der Waals surface area (Å²) in [6.07, 6.45) is 6.68. The molecule has 0 saturated heterocycles. The Bertz CT molecular complexity index is 232. The Kier molecular flexibility index (Phi) is 4.14. The van der Waals surface area contributed by atoms with Crippen LogP contribution in [0.2, 0.25) is 0 Å². The molecule has 14 heavy (non-hydrogen) atoms. The van der Waals surface area contributed by atoms with Gasteiger partial charge in [-0.3, -0.25) is 0 Å². The van der Waals surface area contributed by atoms with Crippen LogP contribution in [0, 0.1) is 0 Å². The van der Waals surface area contributed by atoms with Crippen LogP contribution in [0.15, 0.2) is 17.0 Å². The third kappa shape index (κ3) is 2.58. The van der Waals surface area contributed by atoms with Crippen LogP contribution in [0.5, 0.6) is 0 Å². The summed E-state index contributed by atoms with van der Waals surface area (Å²) in [5.41, 5.74) is 0.257. The lowest BCUT2D eigenvalue weighted by Crippen LogP contribution is -2.42. The van der Waals surface area contributed by atoms with Crippen LogP contribution in [-0.4, -0.2) is 10.5 Å².